The van der Waals surface area contributed by atoms with Crippen molar-refractivity contribution < 1.29 is 135 Å². The number of nitrogens with zero attached hydrogens (tertiary/aromatic N) is 1. The van der Waals surface area contributed by atoms with Crippen LogP contribution in [0.4, 0.5) is 0 Å². The fourth-order valence-electron chi connectivity index (χ4n) is 0. The average molecular weight is 636 g/mol. The summed E-state index contributed by atoms with van der Waals surface area (Å²) in [4.78, 5) is 8.25. The minimum Gasteiger partial charge on any atom is -0.852 e. The van der Waals surface area contributed by atoms with E-state index >= 15 is 0 Å². The van der Waals surface area contributed by atoms with Gasteiger partial charge in [-0.1, -0.05) is 41.5 Å². The van der Waals surface area contributed by atoms with E-state index in [2.05, 4.69) is 0 Å². The van der Waals surface area contributed by atoms with E-state index in [0.29, 0.717) is 0 Å². The number of hydrogen-bond acceptors (Lipinski definition) is 6. The molecule has 0 rings (SSSR count). The third-order valence-corrected chi connectivity index (χ3v) is 0. The molecule has 0 saturated heterocycles. The average Bonchev–Trinajstić information content (AvgIpc) is 1.76. The molecule has 0 fully saturated rings. The number of hydrogen-bond donors (Lipinski definition) is 0. The van der Waals surface area contributed by atoms with Crippen LogP contribution in [0.5, 0.6) is 0 Å². The maximum Gasteiger partial charge on any atom is 3.00 e. The van der Waals surface area contributed by atoms with Crippen LogP contribution in [0.3, 0.4) is 0 Å². The maximum atomic E-state index is 9.53. The third-order valence-electron chi connectivity index (χ3n) is 0. The molecule has 0 aliphatic carbocycles. The zero-order chi connectivity index (χ0) is 14.3. The second-order valence-electron chi connectivity index (χ2n) is 3.37. The maximum absolute atomic E-state index is 9.53. The van der Waals surface area contributed by atoms with E-state index in [1.54, 1.807) is 41.5 Å². The van der Waals surface area contributed by atoms with Gasteiger partial charge in [-0.3, -0.25) is 0 Å². The minimum atomic E-state index is -1.75. The Kier molecular flexibility index (Phi) is 259. The van der Waals surface area contributed by atoms with Gasteiger partial charge in [0.1, 0.15) is 0 Å². The predicted molar refractivity (Wildman–Crippen MR) is 77.5 cm³/mol. The fraction of sp³-hybridized carbons (Fsp3) is 1.00. The Morgan fingerprint density at radius 2 is 0.542 bits per heavy atom. The molecule has 0 aromatic heterocycles. The molecule has 0 bridgehead atoms. The molecule has 0 heterocycles. The molecule has 24 heavy (non-hydrogen) atoms. The Balaban J connectivity index is -0.00000000720. The van der Waals surface area contributed by atoms with Gasteiger partial charge in [-0.2, -0.15) is 0 Å². The molecule has 12 N–H and O–H groups in total. The van der Waals surface area contributed by atoms with E-state index in [0.717, 1.165) is 0 Å². The quantitative estimate of drug-likeness (QED) is 0.184. The van der Waals surface area contributed by atoms with Crippen molar-refractivity contribution in [2.24, 2.45) is 0 Å². The van der Waals surface area contributed by atoms with Gasteiger partial charge in [-0.15, -0.1) is 18.3 Å². The summed E-state index contributed by atoms with van der Waals surface area (Å²) in [6.45, 7) is 9.67. The van der Waals surface area contributed by atoms with Crippen molar-refractivity contribution >= 4 is 0 Å². The fourth-order valence-corrected chi connectivity index (χ4v) is 0. The first kappa shape index (κ1) is 83.9. The van der Waals surface area contributed by atoms with Gasteiger partial charge in [0.2, 0.25) is 0 Å². The number of rotatable bonds is 0. The first-order chi connectivity index (χ1) is 6.93. The monoisotopic (exact) mass is 631 g/mol. The molecule has 0 aromatic rings. The summed E-state index contributed by atoms with van der Waals surface area (Å²) in [5.41, 5.74) is 0. The molecule has 0 unspecified atom stereocenters. The Hall–Kier alpha value is 1.54. The van der Waals surface area contributed by atoms with Gasteiger partial charge < -0.3 is 63.5 Å². The first-order valence-corrected chi connectivity index (χ1v) is 4.72. The summed E-state index contributed by atoms with van der Waals surface area (Å²) in [5.74, 6) is 0. The van der Waals surface area contributed by atoms with Crippen molar-refractivity contribution in [3.05, 3.63) is 15.3 Å². The molecule has 152 valence electrons. The van der Waals surface area contributed by atoms with Crippen LogP contribution in [0, 0.1) is 97.0 Å². The van der Waals surface area contributed by atoms with Crippen molar-refractivity contribution in [3.8, 4) is 0 Å². The molecule has 0 spiro atoms. The van der Waals surface area contributed by atoms with Crippen LogP contribution in [-0.2, 0) is 0 Å². The van der Waals surface area contributed by atoms with Gasteiger partial charge in [0.15, 0.2) is 0 Å². The standard InChI is InChI=1S/3C3H7O.NO3.2Nd.6H2O/c3*1-3(2)4;2-1(3)4;;;;;;;;/h3*3H,1-2H3;;;;6*1H2/q4*-1;2*+3;;;;;;. The van der Waals surface area contributed by atoms with E-state index in [1.165, 1.54) is 0 Å². The van der Waals surface area contributed by atoms with Crippen LogP contribution in [0.15, 0.2) is 0 Å². The van der Waals surface area contributed by atoms with Gasteiger partial charge >= 0.3 is 81.7 Å². The molecule has 2 radical (unpaired) electrons. The first-order valence-electron chi connectivity index (χ1n) is 4.72. The molecule has 13 nitrogen and oxygen atoms in total. The van der Waals surface area contributed by atoms with E-state index in [4.69, 9.17) is 15.3 Å². The summed E-state index contributed by atoms with van der Waals surface area (Å²) in [6, 6.07) is 0. The summed E-state index contributed by atoms with van der Waals surface area (Å²) >= 11 is 0. The summed E-state index contributed by atoms with van der Waals surface area (Å²) in [7, 11) is 0. The van der Waals surface area contributed by atoms with Gasteiger partial charge in [0.05, 0.1) is 5.09 Å². The zero-order valence-electron chi connectivity index (χ0n) is 14.6. The van der Waals surface area contributed by atoms with Crippen molar-refractivity contribution in [1.29, 1.82) is 0 Å². The molecule has 0 aliphatic rings. The molecule has 0 amide bonds. The van der Waals surface area contributed by atoms with Crippen molar-refractivity contribution in [1.82, 2.24) is 0 Å². The summed E-state index contributed by atoms with van der Waals surface area (Å²) < 4.78 is 0. The molecule has 0 saturated carbocycles. The van der Waals surface area contributed by atoms with Gasteiger partial charge in [-0.25, -0.2) is 0 Å². The topological polar surface area (TPSA) is 324 Å². The van der Waals surface area contributed by atoms with Crippen molar-refractivity contribution in [2.75, 3.05) is 0 Å². The van der Waals surface area contributed by atoms with Crippen LogP contribution >= 0.6 is 0 Å². The molecule has 0 atom stereocenters. The predicted octanol–water partition coefficient (Wildman–Crippen LogP) is -5.92. The second-order valence-corrected chi connectivity index (χ2v) is 3.37. The van der Waals surface area contributed by atoms with Gasteiger partial charge in [-0.05, 0) is 0 Å². The normalized spacial score (nSPS) is 5.50. The Labute approximate surface area is 207 Å². The minimum absolute atomic E-state index is 0. The molecule has 15 heteroatoms. The van der Waals surface area contributed by atoms with Crippen LogP contribution in [0.1, 0.15) is 41.5 Å². The van der Waals surface area contributed by atoms with Crippen LogP contribution in [-0.4, -0.2) is 56.3 Å². The Morgan fingerprint density at radius 1 is 0.542 bits per heavy atom. The smallest absolute Gasteiger partial charge is 0.852 e. The molecule has 0 aliphatic heterocycles. The summed E-state index contributed by atoms with van der Waals surface area (Å²) in [6.07, 6.45) is -1.25. The molecule has 0 aromatic carbocycles. The SMILES string of the molecule is CC(C)[O-].CC(C)[O-].CC(C)[O-].O.O.O.O.O.O.O=[N+]([O-])[O-].[Nd+3].[Nd+3]. The summed E-state index contributed by atoms with van der Waals surface area (Å²) in [5, 5.41) is 43.3. The Bertz CT molecular complexity index is 117. The second kappa shape index (κ2) is 74.2. The largest absolute Gasteiger partial charge is 3.00 e. The third kappa shape index (κ3) is 5040. The van der Waals surface area contributed by atoms with Gasteiger partial charge in [0.25, 0.3) is 0 Å². The van der Waals surface area contributed by atoms with Crippen molar-refractivity contribution in [2.45, 2.75) is 59.9 Å². The Morgan fingerprint density at radius 3 is 0.542 bits per heavy atom. The van der Waals surface area contributed by atoms with E-state index in [1.807, 2.05) is 0 Å². The van der Waals surface area contributed by atoms with E-state index < -0.39 is 23.4 Å². The van der Waals surface area contributed by atoms with Crippen molar-refractivity contribution in [3.63, 3.8) is 0 Å². The van der Waals surface area contributed by atoms with Crippen LogP contribution < -0.4 is 15.3 Å². The van der Waals surface area contributed by atoms with Gasteiger partial charge in [0, 0.05) is 0 Å². The van der Waals surface area contributed by atoms with Crippen LogP contribution in [0.25, 0.3) is 0 Å². The van der Waals surface area contributed by atoms with E-state index in [9.17, 15) is 15.3 Å². The zero-order valence-corrected chi connectivity index (χ0v) is 21.0. The molecular weight excluding hydrogens is 603 g/mol. The molecular formula is C9H33NNd2O12+2. The van der Waals surface area contributed by atoms with E-state index in [-0.39, 0.29) is 115 Å². The van der Waals surface area contributed by atoms with Crippen LogP contribution in [0.2, 0.25) is 0 Å².